The minimum atomic E-state index is -0.150. The van der Waals surface area contributed by atoms with E-state index in [1.807, 2.05) is 61.0 Å². The highest BCUT2D eigenvalue weighted by Crippen LogP contribution is 2.23. The van der Waals surface area contributed by atoms with E-state index in [2.05, 4.69) is 10.4 Å². The summed E-state index contributed by atoms with van der Waals surface area (Å²) in [7, 11) is 1.65. The summed E-state index contributed by atoms with van der Waals surface area (Å²) in [5.41, 5.74) is 5.02. The SMILES string of the molecule is COCc1ccc(C(=O)Nc2c(C)nn(-c3ccccc3)c2C)cc1. The van der Waals surface area contributed by atoms with Gasteiger partial charge in [-0.25, -0.2) is 4.68 Å². The number of rotatable bonds is 5. The van der Waals surface area contributed by atoms with Gasteiger partial charge in [0, 0.05) is 12.7 Å². The molecule has 2 aromatic carbocycles. The fourth-order valence-electron chi connectivity index (χ4n) is 2.75. The van der Waals surface area contributed by atoms with Crippen LogP contribution in [-0.4, -0.2) is 22.8 Å². The van der Waals surface area contributed by atoms with E-state index in [-0.39, 0.29) is 5.91 Å². The van der Waals surface area contributed by atoms with Crippen LogP contribution >= 0.6 is 0 Å². The molecule has 5 heteroatoms. The summed E-state index contributed by atoms with van der Waals surface area (Å²) < 4.78 is 6.93. The first-order valence-electron chi connectivity index (χ1n) is 8.11. The first kappa shape index (κ1) is 16.9. The molecule has 1 aromatic heterocycles. The van der Waals surface area contributed by atoms with Crippen molar-refractivity contribution >= 4 is 11.6 Å². The number of para-hydroxylation sites is 1. The molecule has 1 N–H and O–H groups in total. The number of hydrogen-bond donors (Lipinski definition) is 1. The molecule has 0 saturated heterocycles. The van der Waals surface area contributed by atoms with E-state index in [4.69, 9.17) is 4.74 Å². The largest absolute Gasteiger partial charge is 0.380 e. The highest BCUT2D eigenvalue weighted by Gasteiger charge is 2.16. The normalized spacial score (nSPS) is 10.7. The van der Waals surface area contributed by atoms with Crippen LogP contribution < -0.4 is 5.32 Å². The number of nitrogens with one attached hydrogen (secondary N) is 1. The Morgan fingerprint density at radius 2 is 1.76 bits per heavy atom. The third-order valence-corrected chi connectivity index (χ3v) is 4.06. The van der Waals surface area contributed by atoms with Crippen molar-refractivity contribution < 1.29 is 9.53 Å². The number of anilines is 1. The van der Waals surface area contributed by atoms with Gasteiger partial charge in [0.2, 0.25) is 0 Å². The summed E-state index contributed by atoms with van der Waals surface area (Å²) in [6, 6.07) is 17.3. The molecular weight excluding hydrogens is 314 g/mol. The van der Waals surface area contributed by atoms with Crippen LogP contribution in [0.25, 0.3) is 5.69 Å². The van der Waals surface area contributed by atoms with E-state index in [1.165, 1.54) is 0 Å². The van der Waals surface area contributed by atoms with E-state index in [1.54, 1.807) is 19.2 Å². The first-order valence-corrected chi connectivity index (χ1v) is 8.11. The number of benzene rings is 2. The maximum Gasteiger partial charge on any atom is 0.255 e. The molecule has 1 heterocycles. The molecule has 0 radical (unpaired) electrons. The third kappa shape index (κ3) is 3.61. The Kier molecular flexibility index (Phi) is 4.95. The number of nitrogens with zero attached hydrogens (tertiary/aromatic N) is 2. The molecule has 0 atom stereocenters. The van der Waals surface area contributed by atoms with E-state index in [9.17, 15) is 4.79 Å². The Morgan fingerprint density at radius 3 is 2.40 bits per heavy atom. The third-order valence-electron chi connectivity index (χ3n) is 4.06. The van der Waals surface area contributed by atoms with Crippen molar-refractivity contribution in [2.45, 2.75) is 20.5 Å². The molecule has 25 heavy (non-hydrogen) atoms. The highest BCUT2D eigenvalue weighted by molar-refractivity contribution is 6.04. The van der Waals surface area contributed by atoms with Gasteiger partial charge in [-0.1, -0.05) is 30.3 Å². The predicted octanol–water partition coefficient (Wildman–Crippen LogP) is 3.89. The molecule has 0 aliphatic rings. The molecule has 3 rings (SSSR count). The van der Waals surface area contributed by atoms with Gasteiger partial charge in [0.25, 0.3) is 5.91 Å². The summed E-state index contributed by atoms with van der Waals surface area (Å²) in [6.07, 6.45) is 0. The summed E-state index contributed by atoms with van der Waals surface area (Å²) in [5, 5.41) is 7.53. The second-order valence-corrected chi connectivity index (χ2v) is 5.88. The zero-order valence-electron chi connectivity index (χ0n) is 14.6. The summed E-state index contributed by atoms with van der Waals surface area (Å²) in [6.45, 7) is 4.37. The van der Waals surface area contributed by atoms with Crippen molar-refractivity contribution in [2.24, 2.45) is 0 Å². The smallest absolute Gasteiger partial charge is 0.255 e. The molecule has 0 unspecified atom stereocenters. The topological polar surface area (TPSA) is 56.1 Å². The lowest BCUT2D eigenvalue weighted by Crippen LogP contribution is -2.13. The van der Waals surface area contributed by atoms with Gasteiger partial charge >= 0.3 is 0 Å². The van der Waals surface area contributed by atoms with Gasteiger partial charge in [0.1, 0.15) is 0 Å². The van der Waals surface area contributed by atoms with Gasteiger partial charge in [-0.15, -0.1) is 0 Å². The Morgan fingerprint density at radius 1 is 1.08 bits per heavy atom. The van der Waals surface area contributed by atoms with Crippen molar-refractivity contribution in [3.05, 3.63) is 77.1 Å². The fourth-order valence-corrected chi connectivity index (χ4v) is 2.75. The molecule has 0 spiro atoms. The Hall–Kier alpha value is -2.92. The Balaban J connectivity index is 1.83. The highest BCUT2D eigenvalue weighted by atomic mass is 16.5. The van der Waals surface area contributed by atoms with Crippen molar-refractivity contribution in [3.63, 3.8) is 0 Å². The van der Waals surface area contributed by atoms with E-state index in [0.717, 1.165) is 28.3 Å². The Labute approximate surface area is 147 Å². The lowest BCUT2D eigenvalue weighted by atomic mass is 10.1. The second-order valence-electron chi connectivity index (χ2n) is 5.88. The lowest BCUT2D eigenvalue weighted by Gasteiger charge is -2.08. The predicted molar refractivity (Wildman–Crippen MR) is 98.1 cm³/mol. The average molecular weight is 335 g/mol. The minimum Gasteiger partial charge on any atom is -0.380 e. The maximum atomic E-state index is 12.6. The zero-order chi connectivity index (χ0) is 17.8. The summed E-state index contributed by atoms with van der Waals surface area (Å²) in [4.78, 5) is 12.6. The molecule has 0 bridgehead atoms. The van der Waals surface area contributed by atoms with Crippen LogP contribution in [0.2, 0.25) is 0 Å². The molecule has 0 aliphatic carbocycles. The number of carbonyl (C=O) groups excluding carboxylic acids is 1. The van der Waals surface area contributed by atoms with Gasteiger partial charge in [-0.3, -0.25) is 4.79 Å². The van der Waals surface area contributed by atoms with Crippen molar-refractivity contribution in [3.8, 4) is 5.69 Å². The number of methoxy groups -OCH3 is 1. The number of carbonyl (C=O) groups is 1. The van der Waals surface area contributed by atoms with Gasteiger partial charge in [0.15, 0.2) is 0 Å². The zero-order valence-corrected chi connectivity index (χ0v) is 14.6. The van der Waals surface area contributed by atoms with Crippen LogP contribution in [0.3, 0.4) is 0 Å². The second kappa shape index (κ2) is 7.32. The summed E-state index contributed by atoms with van der Waals surface area (Å²) >= 11 is 0. The number of aryl methyl sites for hydroxylation is 1. The van der Waals surface area contributed by atoms with Gasteiger partial charge in [0.05, 0.1) is 29.4 Å². The Bertz CT molecular complexity index is 868. The molecule has 0 saturated carbocycles. The maximum absolute atomic E-state index is 12.6. The van der Waals surface area contributed by atoms with Gasteiger partial charge in [-0.05, 0) is 43.7 Å². The van der Waals surface area contributed by atoms with Crippen molar-refractivity contribution in [1.82, 2.24) is 9.78 Å². The lowest BCUT2D eigenvalue weighted by molar-refractivity contribution is 0.102. The quantitative estimate of drug-likeness (QED) is 0.769. The number of aromatic nitrogens is 2. The minimum absolute atomic E-state index is 0.150. The van der Waals surface area contributed by atoms with Crippen LogP contribution in [0.1, 0.15) is 27.3 Å². The van der Waals surface area contributed by atoms with Gasteiger partial charge < -0.3 is 10.1 Å². The first-order chi connectivity index (χ1) is 12.1. The molecule has 5 nitrogen and oxygen atoms in total. The number of amides is 1. The average Bonchev–Trinajstić information content (AvgIpc) is 2.91. The van der Waals surface area contributed by atoms with Crippen molar-refractivity contribution in [2.75, 3.05) is 12.4 Å². The number of hydrogen-bond acceptors (Lipinski definition) is 3. The molecule has 128 valence electrons. The van der Waals surface area contributed by atoms with Crippen LogP contribution in [0.15, 0.2) is 54.6 Å². The van der Waals surface area contributed by atoms with Crippen LogP contribution in [0.4, 0.5) is 5.69 Å². The molecule has 0 fully saturated rings. The van der Waals surface area contributed by atoms with Crippen LogP contribution in [0, 0.1) is 13.8 Å². The summed E-state index contributed by atoms with van der Waals surface area (Å²) in [5.74, 6) is -0.150. The van der Waals surface area contributed by atoms with Crippen LogP contribution in [-0.2, 0) is 11.3 Å². The van der Waals surface area contributed by atoms with E-state index in [0.29, 0.717) is 12.2 Å². The molecule has 3 aromatic rings. The molecule has 1 amide bonds. The monoisotopic (exact) mass is 335 g/mol. The fraction of sp³-hybridized carbons (Fsp3) is 0.200. The standard InChI is InChI=1S/C20H21N3O2/c1-14-19(15(2)23(22-14)18-7-5-4-6-8-18)21-20(24)17-11-9-16(10-12-17)13-25-3/h4-12H,13H2,1-3H3,(H,21,24). The number of ether oxygens (including phenoxy) is 1. The van der Waals surface area contributed by atoms with E-state index >= 15 is 0 Å². The molecule has 0 aliphatic heterocycles. The molecular formula is C20H21N3O2. The van der Waals surface area contributed by atoms with Crippen LogP contribution in [0.5, 0.6) is 0 Å². The van der Waals surface area contributed by atoms with E-state index < -0.39 is 0 Å². The van der Waals surface area contributed by atoms with Crippen molar-refractivity contribution in [1.29, 1.82) is 0 Å². The van der Waals surface area contributed by atoms with Gasteiger partial charge in [-0.2, -0.15) is 5.10 Å².